The number of amides is 2. The van der Waals surface area contributed by atoms with Gasteiger partial charge in [-0.25, -0.2) is 9.69 Å². The third-order valence-corrected chi connectivity index (χ3v) is 5.08. The van der Waals surface area contributed by atoms with Gasteiger partial charge in [-0.05, 0) is 36.4 Å². The van der Waals surface area contributed by atoms with Gasteiger partial charge < -0.3 is 9.84 Å². The molecule has 6 nitrogen and oxygen atoms in total. The van der Waals surface area contributed by atoms with Gasteiger partial charge in [-0.1, -0.05) is 12.1 Å². The molecule has 1 heterocycles. The number of carbonyl (C=O) groups excluding carboxylic acids is 2. The number of alkyl halides is 3. The SMILES string of the molecule is O=C(O)c1ccccc1S[C@H]1CC(=O)N(c2ccc(OC(F)(F)F)cc2)C1=O. The Labute approximate surface area is 160 Å². The number of thioether (sulfide) groups is 1. The van der Waals surface area contributed by atoms with Crippen LogP contribution in [-0.4, -0.2) is 34.5 Å². The third kappa shape index (κ3) is 4.28. The Morgan fingerprint density at radius 3 is 2.36 bits per heavy atom. The molecular formula is C18H12F3NO5S. The highest BCUT2D eigenvalue weighted by Gasteiger charge is 2.40. The minimum atomic E-state index is -4.85. The molecule has 1 fully saturated rings. The fourth-order valence-corrected chi connectivity index (χ4v) is 3.84. The van der Waals surface area contributed by atoms with Gasteiger partial charge in [0.2, 0.25) is 11.8 Å². The molecule has 1 N–H and O–H groups in total. The standard InChI is InChI=1S/C18H12F3NO5S/c19-18(20,21)27-11-7-5-10(6-8-11)22-15(23)9-14(16(22)24)28-13-4-2-1-3-12(13)17(25)26/h1-8,14H,9H2,(H,25,26)/t14-/m0/s1. The lowest BCUT2D eigenvalue weighted by molar-refractivity contribution is -0.274. The number of imide groups is 1. The van der Waals surface area contributed by atoms with Crippen LogP contribution in [0.3, 0.4) is 0 Å². The molecular weight excluding hydrogens is 399 g/mol. The van der Waals surface area contributed by atoms with Crippen molar-refractivity contribution in [3.8, 4) is 5.75 Å². The minimum absolute atomic E-state index is 0.0138. The van der Waals surface area contributed by atoms with Crippen molar-refractivity contribution in [3.63, 3.8) is 0 Å². The molecule has 2 aromatic rings. The lowest BCUT2D eigenvalue weighted by Crippen LogP contribution is -2.31. The van der Waals surface area contributed by atoms with E-state index in [-0.39, 0.29) is 17.7 Å². The Morgan fingerprint density at radius 1 is 1.11 bits per heavy atom. The molecule has 0 bridgehead atoms. The van der Waals surface area contributed by atoms with Crippen molar-refractivity contribution in [2.24, 2.45) is 0 Å². The summed E-state index contributed by atoms with van der Waals surface area (Å²) in [6.45, 7) is 0. The summed E-state index contributed by atoms with van der Waals surface area (Å²) in [7, 11) is 0. The summed E-state index contributed by atoms with van der Waals surface area (Å²) in [4.78, 5) is 37.4. The second-order valence-corrected chi connectivity index (χ2v) is 6.97. The number of ether oxygens (including phenoxy) is 1. The highest BCUT2D eigenvalue weighted by atomic mass is 32.2. The Kier molecular flexibility index (Phi) is 5.32. The quantitative estimate of drug-likeness (QED) is 0.756. The van der Waals surface area contributed by atoms with Crippen molar-refractivity contribution in [3.05, 3.63) is 54.1 Å². The number of anilines is 1. The van der Waals surface area contributed by atoms with Gasteiger partial charge in [0.25, 0.3) is 0 Å². The van der Waals surface area contributed by atoms with E-state index in [1.807, 2.05) is 0 Å². The molecule has 2 amide bonds. The Bertz CT molecular complexity index is 930. The second-order valence-electron chi connectivity index (χ2n) is 5.72. The molecule has 2 aromatic carbocycles. The van der Waals surface area contributed by atoms with E-state index in [1.54, 1.807) is 12.1 Å². The van der Waals surface area contributed by atoms with E-state index < -0.39 is 35.1 Å². The van der Waals surface area contributed by atoms with Crippen LogP contribution in [0.5, 0.6) is 5.75 Å². The average Bonchev–Trinajstić information content (AvgIpc) is 2.88. The van der Waals surface area contributed by atoms with Gasteiger partial charge in [-0.15, -0.1) is 24.9 Å². The summed E-state index contributed by atoms with van der Waals surface area (Å²) in [5.41, 5.74) is 0.124. The first-order chi connectivity index (χ1) is 13.2. The molecule has 0 unspecified atom stereocenters. The number of nitrogens with zero attached hydrogens (tertiary/aromatic N) is 1. The fourth-order valence-electron chi connectivity index (χ4n) is 2.66. The molecule has 146 valence electrons. The highest BCUT2D eigenvalue weighted by molar-refractivity contribution is 8.00. The maximum absolute atomic E-state index is 12.6. The van der Waals surface area contributed by atoms with Crippen LogP contribution in [0.25, 0.3) is 0 Å². The van der Waals surface area contributed by atoms with Crippen LogP contribution >= 0.6 is 11.8 Å². The largest absolute Gasteiger partial charge is 0.573 e. The number of halogens is 3. The van der Waals surface area contributed by atoms with Crippen molar-refractivity contribution >= 4 is 35.2 Å². The van der Waals surface area contributed by atoms with E-state index in [0.29, 0.717) is 4.90 Å². The molecule has 0 spiro atoms. The molecule has 1 saturated heterocycles. The summed E-state index contributed by atoms with van der Waals surface area (Å²) in [6, 6.07) is 10.5. The van der Waals surface area contributed by atoms with Crippen LogP contribution < -0.4 is 9.64 Å². The minimum Gasteiger partial charge on any atom is -0.478 e. The lowest BCUT2D eigenvalue weighted by atomic mass is 10.2. The molecule has 1 aliphatic rings. The van der Waals surface area contributed by atoms with Crippen molar-refractivity contribution in [2.45, 2.75) is 22.9 Å². The normalized spacial score (nSPS) is 17.1. The average molecular weight is 411 g/mol. The smallest absolute Gasteiger partial charge is 0.478 e. The number of benzene rings is 2. The highest BCUT2D eigenvalue weighted by Crippen LogP contribution is 2.36. The summed E-state index contributed by atoms with van der Waals surface area (Å²) in [5, 5.41) is 8.39. The van der Waals surface area contributed by atoms with Gasteiger partial charge in [0, 0.05) is 11.3 Å². The van der Waals surface area contributed by atoms with Crippen LogP contribution in [0.2, 0.25) is 0 Å². The zero-order valence-corrected chi connectivity index (χ0v) is 14.8. The number of hydrogen-bond acceptors (Lipinski definition) is 5. The van der Waals surface area contributed by atoms with Crippen molar-refractivity contribution < 1.29 is 37.4 Å². The molecule has 0 aliphatic carbocycles. The monoisotopic (exact) mass is 411 g/mol. The molecule has 1 atom stereocenters. The first-order valence-electron chi connectivity index (χ1n) is 7.87. The van der Waals surface area contributed by atoms with E-state index in [4.69, 9.17) is 0 Å². The van der Waals surface area contributed by atoms with Gasteiger partial charge in [0.1, 0.15) is 5.75 Å². The number of carboxylic acids is 1. The molecule has 0 saturated carbocycles. The summed E-state index contributed by atoms with van der Waals surface area (Å²) < 4.78 is 40.4. The molecule has 10 heteroatoms. The molecule has 0 radical (unpaired) electrons. The zero-order chi connectivity index (χ0) is 20.5. The topological polar surface area (TPSA) is 83.9 Å². The summed E-state index contributed by atoms with van der Waals surface area (Å²) >= 11 is 0.961. The van der Waals surface area contributed by atoms with Crippen LogP contribution in [0.4, 0.5) is 18.9 Å². The van der Waals surface area contributed by atoms with Crippen LogP contribution in [0.15, 0.2) is 53.4 Å². The van der Waals surface area contributed by atoms with Gasteiger partial charge in [0.05, 0.1) is 16.5 Å². The molecule has 28 heavy (non-hydrogen) atoms. The predicted molar refractivity (Wildman–Crippen MR) is 93.3 cm³/mol. The Morgan fingerprint density at radius 2 is 1.75 bits per heavy atom. The van der Waals surface area contributed by atoms with Crippen molar-refractivity contribution in [2.75, 3.05) is 4.90 Å². The van der Waals surface area contributed by atoms with Gasteiger partial charge in [0.15, 0.2) is 0 Å². The lowest BCUT2D eigenvalue weighted by Gasteiger charge is -2.16. The molecule has 1 aliphatic heterocycles. The van der Waals surface area contributed by atoms with Crippen molar-refractivity contribution in [1.29, 1.82) is 0 Å². The second kappa shape index (κ2) is 7.55. The number of hydrogen-bond donors (Lipinski definition) is 1. The van der Waals surface area contributed by atoms with E-state index in [2.05, 4.69) is 4.74 Å². The Hall–Kier alpha value is -3.01. The number of carbonyl (C=O) groups is 3. The maximum Gasteiger partial charge on any atom is 0.573 e. The first kappa shape index (κ1) is 19.7. The van der Waals surface area contributed by atoms with Crippen LogP contribution in [-0.2, 0) is 9.59 Å². The third-order valence-electron chi connectivity index (χ3n) is 3.82. The number of carboxylic acid groups (broad SMARTS) is 1. The van der Waals surface area contributed by atoms with Gasteiger partial charge in [-0.2, -0.15) is 0 Å². The van der Waals surface area contributed by atoms with E-state index in [0.717, 1.165) is 28.8 Å². The number of aromatic carboxylic acids is 1. The molecule has 3 rings (SSSR count). The zero-order valence-electron chi connectivity index (χ0n) is 14.0. The van der Waals surface area contributed by atoms with Gasteiger partial charge >= 0.3 is 12.3 Å². The first-order valence-corrected chi connectivity index (χ1v) is 8.75. The van der Waals surface area contributed by atoms with Crippen LogP contribution in [0.1, 0.15) is 16.8 Å². The van der Waals surface area contributed by atoms with E-state index in [9.17, 15) is 32.7 Å². The summed E-state index contributed by atoms with van der Waals surface area (Å²) in [5.74, 6) is -2.73. The van der Waals surface area contributed by atoms with Gasteiger partial charge in [-0.3, -0.25) is 9.59 Å². The molecule has 0 aromatic heterocycles. The fraction of sp³-hybridized carbons (Fsp3) is 0.167. The predicted octanol–water partition coefficient (Wildman–Crippen LogP) is 3.71. The van der Waals surface area contributed by atoms with E-state index in [1.165, 1.54) is 24.3 Å². The summed E-state index contributed by atoms with van der Waals surface area (Å²) in [6.07, 6.45) is -5.00. The van der Waals surface area contributed by atoms with Crippen LogP contribution in [0, 0.1) is 0 Å². The Balaban J connectivity index is 1.78. The maximum atomic E-state index is 12.6. The van der Waals surface area contributed by atoms with Crippen molar-refractivity contribution in [1.82, 2.24) is 0 Å². The van der Waals surface area contributed by atoms with E-state index >= 15 is 0 Å². The number of rotatable bonds is 5.